The van der Waals surface area contributed by atoms with Crippen LogP contribution >= 0.6 is 0 Å². The number of hydrogen-bond acceptors (Lipinski definition) is 9. The molecule has 1 aromatic heterocycles. The minimum absolute atomic E-state index is 0.110. The number of carbonyl (C=O) groups is 2. The maximum Gasteiger partial charge on any atom is 0.324 e. The summed E-state index contributed by atoms with van der Waals surface area (Å²) in [4.78, 5) is 32.8. The number of primary amides is 1. The van der Waals surface area contributed by atoms with Crippen molar-refractivity contribution in [2.45, 2.75) is 38.8 Å². The van der Waals surface area contributed by atoms with E-state index in [1.54, 1.807) is 61.8 Å². The second-order valence-corrected chi connectivity index (χ2v) is 13.2. The summed E-state index contributed by atoms with van der Waals surface area (Å²) >= 11 is 0. The molecule has 0 atom stereocenters. The molecule has 0 aliphatic carbocycles. The molecule has 1 aliphatic heterocycles. The van der Waals surface area contributed by atoms with Gasteiger partial charge in [0.2, 0.25) is 0 Å². The molecule has 2 heterocycles. The van der Waals surface area contributed by atoms with Gasteiger partial charge in [0.1, 0.15) is 23.1 Å². The van der Waals surface area contributed by atoms with E-state index in [2.05, 4.69) is 15.6 Å². The summed E-state index contributed by atoms with van der Waals surface area (Å²) in [5.74, 6) is 2.02. The number of fused-ring (bicyclic) bond motifs is 1. The third kappa shape index (κ3) is 7.52. The fourth-order valence-electron chi connectivity index (χ4n) is 5.84. The molecule has 264 valence electrons. The average Bonchev–Trinajstić information content (AvgIpc) is 3.09. The van der Waals surface area contributed by atoms with E-state index in [-0.39, 0.29) is 35.3 Å². The Hall–Kier alpha value is -5.85. The second-order valence-electron chi connectivity index (χ2n) is 13.2. The van der Waals surface area contributed by atoms with Crippen LogP contribution in [0.5, 0.6) is 23.0 Å². The smallest absolute Gasteiger partial charge is 0.324 e. The molecule has 12 heteroatoms. The SMILES string of the molecule is COc1cc(CO)cc(Nc2cc(Oc3ccc(N(C(N)=O)c4cc(C(C)(C)C)cc(C(=O)NC5COC5)c4OC)c4ccccc34)ccn2)c1. The van der Waals surface area contributed by atoms with E-state index in [4.69, 9.17) is 24.7 Å². The van der Waals surface area contributed by atoms with Crippen molar-refractivity contribution in [1.82, 2.24) is 10.3 Å². The van der Waals surface area contributed by atoms with Crippen molar-refractivity contribution in [2.24, 2.45) is 5.73 Å². The highest BCUT2D eigenvalue weighted by molar-refractivity contribution is 6.11. The van der Waals surface area contributed by atoms with Gasteiger partial charge < -0.3 is 40.4 Å². The molecule has 51 heavy (non-hydrogen) atoms. The van der Waals surface area contributed by atoms with Gasteiger partial charge in [-0.05, 0) is 59.0 Å². The zero-order chi connectivity index (χ0) is 36.3. The number of aliphatic hydroxyl groups excluding tert-OH is 1. The predicted molar refractivity (Wildman–Crippen MR) is 196 cm³/mol. The molecule has 0 bridgehead atoms. The van der Waals surface area contributed by atoms with Crippen molar-refractivity contribution in [3.05, 3.63) is 102 Å². The Balaban J connectivity index is 1.39. The van der Waals surface area contributed by atoms with E-state index in [0.717, 1.165) is 5.56 Å². The molecular formula is C39H41N5O7. The van der Waals surface area contributed by atoms with E-state index in [1.807, 2.05) is 51.1 Å². The highest BCUT2D eigenvalue weighted by Gasteiger charge is 2.31. The molecule has 5 N–H and O–H groups in total. The van der Waals surface area contributed by atoms with Gasteiger partial charge in [0.05, 0.1) is 57.0 Å². The van der Waals surface area contributed by atoms with E-state index in [1.165, 1.54) is 12.0 Å². The van der Waals surface area contributed by atoms with Crippen molar-refractivity contribution in [3.8, 4) is 23.0 Å². The number of aliphatic hydroxyl groups is 1. The molecular weight excluding hydrogens is 650 g/mol. The first kappa shape index (κ1) is 35.0. The molecule has 12 nitrogen and oxygen atoms in total. The Kier molecular flexibility index (Phi) is 9.99. The van der Waals surface area contributed by atoms with Crippen molar-refractivity contribution >= 4 is 45.6 Å². The summed E-state index contributed by atoms with van der Waals surface area (Å²) in [7, 11) is 3.03. The van der Waals surface area contributed by atoms with Crippen LogP contribution in [0.1, 0.15) is 42.3 Å². The molecule has 5 aromatic rings. The van der Waals surface area contributed by atoms with Gasteiger partial charge in [-0.15, -0.1) is 0 Å². The monoisotopic (exact) mass is 691 g/mol. The van der Waals surface area contributed by atoms with Crippen LogP contribution in [0.2, 0.25) is 0 Å². The summed E-state index contributed by atoms with van der Waals surface area (Å²) in [6.07, 6.45) is 1.62. The lowest BCUT2D eigenvalue weighted by molar-refractivity contribution is -0.00350. The van der Waals surface area contributed by atoms with E-state index < -0.39 is 6.03 Å². The number of urea groups is 1. The summed E-state index contributed by atoms with van der Waals surface area (Å²) in [6, 6.07) is 22.6. The lowest BCUT2D eigenvalue weighted by Crippen LogP contribution is -2.48. The van der Waals surface area contributed by atoms with E-state index in [9.17, 15) is 14.7 Å². The van der Waals surface area contributed by atoms with E-state index in [0.29, 0.717) is 69.7 Å². The first-order valence-corrected chi connectivity index (χ1v) is 16.4. The first-order valence-electron chi connectivity index (χ1n) is 16.4. The van der Waals surface area contributed by atoms with Crippen molar-refractivity contribution in [3.63, 3.8) is 0 Å². The minimum Gasteiger partial charge on any atom is -0.497 e. The number of carbonyl (C=O) groups excluding carboxylic acids is 2. The fraction of sp³-hybridized carbons (Fsp3) is 0.256. The molecule has 0 unspecified atom stereocenters. The van der Waals surface area contributed by atoms with Crippen LogP contribution in [0.25, 0.3) is 10.8 Å². The van der Waals surface area contributed by atoms with Crippen LogP contribution < -0.4 is 35.5 Å². The van der Waals surface area contributed by atoms with Gasteiger partial charge in [-0.3, -0.25) is 9.69 Å². The molecule has 0 saturated carbocycles. The third-order valence-electron chi connectivity index (χ3n) is 8.54. The van der Waals surface area contributed by atoms with Crippen molar-refractivity contribution in [1.29, 1.82) is 0 Å². The summed E-state index contributed by atoms with van der Waals surface area (Å²) in [5, 5.41) is 17.3. The number of ether oxygens (including phenoxy) is 4. The van der Waals surface area contributed by atoms with Gasteiger partial charge in [0.25, 0.3) is 5.91 Å². The van der Waals surface area contributed by atoms with Crippen molar-refractivity contribution < 1.29 is 33.6 Å². The number of aromatic nitrogens is 1. The molecule has 6 rings (SSSR count). The highest BCUT2D eigenvalue weighted by Crippen LogP contribution is 2.44. The highest BCUT2D eigenvalue weighted by atomic mass is 16.5. The molecule has 0 spiro atoms. The lowest BCUT2D eigenvalue weighted by Gasteiger charge is -2.30. The number of benzene rings is 4. The molecule has 1 fully saturated rings. The topological polar surface area (TPSA) is 158 Å². The zero-order valence-corrected chi connectivity index (χ0v) is 29.2. The minimum atomic E-state index is -0.760. The summed E-state index contributed by atoms with van der Waals surface area (Å²) in [5.41, 5.74) is 9.03. The lowest BCUT2D eigenvalue weighted by atomic mass is 9.85. The Morgan fingerprint density at radius 3 is 2.35 bits per heavy atom. The Bertz CT molecular complexity index is 2070. The number of nitrogens with two attached hydrogens (primary N) is 1. The van der Waals surface area contributed by atoms with Crippen LogP contribution in [-0.2, 0) is 16.8 Å². The zero-order valence-electron chi connectivity index (χ0n) is 29.2. The fourth-order valence-corrected chi connectivity index (χ4v) is 5.84. The van der Waals surface area contributed by atoms with Gasteiger partial charge in [0.15, 0.2) is 5.75 Å². The maximum atomic E-state index is 13.6. The van der Waals surface area contributed by atoms with Crippen LogP contribution in [0, 0.1) is 0 Å². The molecule has 3 amide bonds. The van der Waals surface area contributed by atoms with Gasteiger partial charge in [-0.25, -0.2) is 9.78 Å². The number of hydrogen-bond donors (Lipinski definition) is 4. The largest absolute Gasteiger partial charge is 0.497 e. The molecule has 1 saturated heterocycles. The summed E-state index contributed by atoms with van der Waals surface area (Å²) in [6.45, 7) is 6.80. The molecule has 0 radical (unpaired) electrons. The van der Waals surface area contributed by atoms with Crippen molar-refractivity contribution in [2.75, 3.05) is 37.7 Å². The number of anilines is 4. The first-order chi connectivity index (χ1) is 24.5. The summed E-state index contributed by atoms with van der Waals surface area (Å²) < 4.78 is 22.9. The van der Waals surface area contributed by atoms with Crippen LogP contribution in [-0.4, -0.2) is 55.5 Å². The normalized spacial score (nSPS) is 12.9. The number of pyridine rings is 1. The van der Waals surface area contributed by atoms with Gasteiger partial charge in [0, 0.05) is 34.8 Å². The number of methoxy groups -OCH3 is 2. The number of amides is 3. The Morgan fingerprint density at radius 1 is 0.941 bits per heavy atom. The number of nitrogens with one attached hydrogen (secondary N) is 2. The van der Waals surface area contributed by atoms with E-state index >= 15 is 0 Å². The van der Waals surface area contributed by atoms with Gasteiger partial charge >= 0.3 is 6.03 Å². The third-order valence-corrected chi connectivity index (χ3v) is 8.54. The quantitative estimate of drug-likeness (QED) is 0.115. The second kappa shape index (κ2) is 14.6. The predicted octanol–water partition coefficient (Wildman–Crippen LogP) is 6.92. The number of rotatable bonds is 11. The van der Waals surface area contributed by atoms with Crippen LogP contribution in [0.4, 0.5) is 27.7 Å². The Morgan fingerprint density at radius 2 is 1.71 bits per heavy atom. The maximum absolute atomic E-state index is 13.6. The average molecular weight is 692 g/mol. The molecule has 4 aromatic carbocycles. The van der Waals surface area contributed by atoms with Crippen LogP contribution in [0.15, 0.2) is 85.1 Å². The number of nitrogens with zero attached hydrogens (tertiary/aromatic N) is 2. The van der Waals surface area contributed by atoms with Gasteiger partial charge in [-0.2, -0.15) is 0 Å². The standard InChI is InChI=1S/C39H41N5O7/c1-39(2,3)24-16-31(37(46)43-26-21-50-22-26)36(49-5)33(17-24)44(38(40)47)32-10-11-34(30-9-7-6-8-29(30)32)51-27-12-13-41-35(19-27)42-25-14-23(20-45)15-28(18-25)48-4/h6-19,26,45H,20-22H2,1-5H3,(H2,40,47)(H,41,42)(H,43,46). The molecule has 1 aliphatic rings. The van der Waals surface area contributed by atoms with Crippen LogP contribution in [0.3, 0.4) is 0 Å². The Labute approximate surface area is 296 Å². The van der Waals surface area contributed by atoms with Gasteiger partial charge in [-0.1, -0.05) is 45.0 Å².